The Labute approximate surface area is 94.6 Å². The van der Waals surface area contributed by atoms with Gasteiger partial charge in [0.05, 0.1) is 7.11 Å². The molecule has 0 radical (unpaired) electrons. The van der Waals surface area contributed by atoms with Crippen LogP contribution in [0.4, 0.5) is 0 Å². The molecule has 0 aliphatic carbocycles. The Kier molecular flexibility index (Phi) is 4.28. The maximum Gasteiger partial charge on any atom is 0.354 e. The summed E-state index contributed by atoms with van der Waals surface area (Å²) >= 11 is 0. The first-order chi connectivity index (χ1) is 7.63. The molecule has 4 heteroatoms. The molecule has 0 saturated heterocycles. The molecule has 4 nitrogen and oxygen atoms in total. The molecule has 1 N–H and O–H groups in total. The number of ether oxygens (including phenoxy) is 1. The van der Waals surface area contributed by atoms with Crippen molar-refractivity contribution in [2.75, 3.05) is 7.11 Å². The smallest absolute Gasteiger partial charge is 0.354 e. The van der Waals surface area contributed by atoms with Gasteiger partial charge in [-0.25, -0.2) is 4.79 Å². The Morgan fingerprint density at radius 3 is 2.62 bits per heavy atom. The minimum absolute atomic E-state index is 0.0853. The Bertz CT molecular complexity index is 434. The van der Waals surface area contributed by atoms with Crippen LogP contribution in [-0.2, 0) is 17.6 Å². The maximum atomic E-state index is 11.8. The predicted octanol–water partition coefficient (Wildman–Crippen LogP) is 1.68. The number of esters is 1. The summed E-state index contributed by atoms with van der Waals surface area (Å²) in [4.78, 5) is 26.1. The van der Waals surface area contributed by atoms with Crippen molar-refractivity contribution < 1.29 is 9.53 Å². The maximum absolute atomic E-state index is 11.8. The summed E-state index contributed by atoms with van der Waals surface area (Å²) in [6.45, 7) is 3.97. The zero-order valence-corrected chi connectivity index (χ0v) is 9.92. The number of aromatic amines is 1. The lowest BCUT2D eigenvalue weighted by molar-refractivity contribution is 0.0593. The van der Waals surface area contributed by atoms with Crippen molar-refractivity contribution in [3.63, 3.8) is 0 Å². The molecule has 0 aliphatic heterocycles. The fraction of sp³-hybridized carbons (Fsp3) is 0.500. The number of nitrogens with one attached hydrogen (secondary N) is 1. The van der Waals surface area contributed by atoms with E-state index < -0.39 is 5.97 Å². The Morgan fingerprint density at radius 1 is 1.44 bits per heavy atom. The van der Waals surface area contributed by atoms with Gasteiger partial charge in [0.2, 0.25) is 0 Å². The molecule has 16 heavy (non-hydrogen) atoms. The van der Waals surface area contributed by atoms with Crippen LogP contribution in [0.1, 0.15) is 42.0 Å². The first-order valence-corrected chi connectivity index (χ1v) is 5.47. The van der Waals surface area contributed by atoms with Gasteiger partial charge in [0.15, 0.2) is 5.43 Å². The minimum Gasteiger partial charge on any atom is -0.464 e. The van der Waals surface area contributed by atoms with Crippen LogP contribution in [0.15, 0.2) is 10.9 Å². The Hall–Kier alpha value is -1.58. The zero-order valence-electron chi connectivity index (χ0n) is 9.92. The van der Waals surface area contributed by atoms with E-state index in [-0.39, 0.29) is 11.1 Å². The van der Waals surface area contributed by atoms with Crippen LogP contribution in [-0.4, -0.2) is 18.1 Å². The van der Waals surface area contributed by atoms with Crippen molar-refractivity contribution in [3.05, 3.63) is 33.2 Å². The number of hydrogen-bond donors (Lipinski definition) is 1. The molecule has 0 bridgehead atoms. The van der Waals surface area contributed by atoms with Gasteiger partial charge in [-0.15, -0.1) is 0 Å². The van der Waals surface area contributed by atoms with Crippen LogP contribution in [0.3, 0.4) is 0 Å². The van der Waals surface area contributed by atoms with Gasteiger partial charge < -0.3 is 9.72 Å². The molecule has 0 saturated carbocycles. The van der Waals surface area contributed by atoms with Gasteiger partial charge >= 0.3 is 5.97 Å². The van der Waals surface area contributed by atoms with Crippen LogP contribution in [0.5, 0.6) is 0 Å². The van der Waals surface area contributed by atoms with Crippen molar-refractivity contribution in [2.45, 2.75) is 33.1 Å². The number of pyridine rings is 1. The number of carbonyl (C=O) groups is 1. The van der Waals surface area contributed by atoms with Crippen molar-refractivity contribution in [2.24, 2.45) is 0 Å². The Balaban J connectivity index is 3.26. The summed E-state index contributed by atoms with van der Waals surface area (Å²) in [5, 5.41) is 0. The average molecular weight is 223 g/mol. The number of methoxy groups -OCH3 is 1. The third-order valence-electron chi connectivity index (χ3n) is 2.48. The first kappa shape index (κ1) is 12.5. The molecule has 0 aromatic carbocycles. The molecule has 1 heterocycles. The molecule has 0 aliphatic rings. The minimum atomic E-state index is -0.505. The van der Waals surface area contributed by atoms with E-state index in [2.05, 4.69) is 9.72 Å². The second-order valence-corrected chi connectivity index (χ2v) is 3.60. The number of carbonyl (C=O) groups excluding carboxylic acids is 1. The van der Waals surface area contributed by atoms with Gasteiger partial charge in [0.1, 0.15) is 5.69 Å². The van der Waals surface area contributed by atoms with Crippen molar-refractivity contribution >= 4 is 5.97 Å². The van der Waals surface area contributed by atoms with Crippen molar-refractivity contribution in [3.8, 4) is 0 Å². The van der Waals surface area contributed by atoms with Gasteiger partial charge in [-0.3, -0.25) is 4.79 Å². The molecule has 0 atom stereocenters. The van der Waals surface area contributed by atoms with E-state index >= 15 is 0 Å². The standard InChI is InChI=1S/C12H17NO3/c1-4-6-8-9(5-2)13-10(7-11(8)14)12(15)16-3/h7H,4-6H2,1-3H3,(H,13,14). The molecule has 0 spiro atoms. The van der Waals surface area contributed by atoms with Crippen LogP contribution in [0.25, 0.3) is 0 Å². The quantitative estimate of drug-likeness (QED) is 0.790. The highest BCUT2D eigenvalue weighted by Crippen LogP contribution is 2.07. The number of rotatable bonds is 4. The topological polar surface area (TPSA) is 59.2 Å². The lowest BCUT2D eigenvalue weighted by Gasteiger charge is -2.08. The molecule has 88 valence electrons. The van der Waals surface area contributed by atoms with E-state index in [0.717, 1.165) is 24.1 Å². The zero-order chi connectivity index (χ0) is 12.1. The van der Waals surface area contributed by atoms with Gasteiger partial charge in [-0.2, -0.15) is 0 Å². The fourth-order valence-electron chi connectivity index (χ4n) is 1.69. The third-order valence-corrected chi connectivity index (χ3v) is 2.48. The van der Waals surface area contributed by atoms with Crippen molar-refractivity contribution in [1.29, 1.82) is 0 Å². The second-order valence-electron chi connectivity index (χ2n) is 3.60. The largest absolute Gasteiger partial charge is 0.464 e. The van der Waals surface area contributed by atoms with Gasteiger partial charge in [0, 0.05) is 17.3 Å². The summed E-state index contributed by atoms with van der Waals surface area (Å²) in [7, 11) is 1.30. The normalized spacial score (nSPS) is 10.2. The van der Waals surface area contributed by atoms with E-state index in [1.807, 2.05) is 13.8 Å². The summed E-state index contributed by atoms with van der Waals surface area (Å²) in [6, 6.07) is 1.32. The van der Waals surface area contributed by atoms with Crippen LogP contribution >= 0.6 is 0 Å². The molecule has 0 amide bonds. The number of H-pyrrole nitrogens is 1. The van der Waals surface area contributed by atoms with E-state index in [1.165, 1.54) is 13.2 Å². The van der Waals surface area contributed by atoms with E-state index in [4.69, 9.17) is 0 Å². The Morgan fingerprint density at radius 2 is 2.12 bits per heavy atom. The third kappa shape index (κ3) is 2.51. The SMILES string of the molecule is CCCc1c(CC)[nH]c(C(=O)OC)cc1=O. The average Bonchev–Trinajstić information content (AvgIpc) is 2.30. The lowest BCUT2D eigenvalue weighted by atomic mass is 10.1. The molecule has 1 aromatic heterocycles. The predicted molar refractivity (Wildman–Crippen MR) is 61.8 cm³/mol. The number of aryl methyl sites for hydroxylation is 1. The molecule has 0 unspecified atom stereocenters. The van der Waals surface area contributed by atoms with Gasteiger partial charge in [-0.05, 0) is 12.8 Å². The van der Waals surface area contributed by atoms with Crippen LogP contribution in [0, 0.1) is 0 Å². The number of aromatic nitrogens is 1. The van der Waals surface area contributed by atoms with E-state index in [1.54, 1.807) is 0 Å². The highest BCUT2D eigenvalue weighted by molar-refractivity contribution is 5.87. The van der Waals surface area contributed by atoms with Crippen LogP contribution in [0.2, 0.25) is 0 Å². The summed E-state index contributed by atoms with van der Waals surface area (Å²) in [6.07, 6.45) is 2.35. The summed E-state index contributed by atoms with van der Waals surface area (Å²) < 4.78 is 4.58. The second kappa shape index (κ2) is 5.49. The van der Waals surface area contributed by atoms with E-state index in [9.17, 15) is 9.59 Å². The highest BCUT2D eigenvalue weighted by atomic mass is 16.5. The summed E-state index contributed by atoms with van der Waals surface area (Å²) in [5.74, 6) is -0.505. The molecule has 1 aromatic rings. The first-order valence-electron chi connectivity index (χ1n) is 5.47. The van der Waals surface area contributed by atoms with Gasteiger partial charge in [-0.1, -0.05) is 20.3 Å². The monoisotopic (exact) mass is 223 g/mol. The van der Waals surface area contributed by atoms with Gasteiger partial charge in [0.25, 0.3) is 0 Å². The van der Waals surface area contributed by atoms with E-state index in [0.29, 0.717) is 6.42 Å². The van der Waals surface area contributed by atoms with Crippen LogP contribution < -0.4 is 5.43 Å². The summed E-state index contributed by atoms with van der Waals surface area (Å²) in [5.41, 5.74) is 1.74. The highest BCUT2D eigenvalue weighted by Gasteiger charge is 2.12. The molecular weight excluding hydrogens is 206 g/mol. The lowest BCUT2D eigenvalue weighted by Crippen LogP contribution is -2.18. The molecule has 1 rings (SSSR count). The molecular formula is C12H17NO3. The van der Waals surface area contributed by atoms with Crippen molar-refractivity contribution in [1.82, 2.24) is 4.98 Å². The number of hydrogen-bond acceptors (Lipinski definition) is 3. The fourth-order valence-corrected chi connectivity index (χ4v) is 1.69. The molecule has 0 fully saturated rings.